The summed E-state index contributed by atoms with van der Waals surface area (Å²) >= 11 is 0. The number of hydrogen-bond donors (Lipinski definition) is 0. The average molecular weight is 321 g/mol. The van der Waals surface area contributed by atoms with Crippen molar-refractivity contribution in [3.63, 3.8) is 0 Å². The van der Waals surface area contributed by atoms with Crippen LogP contribution in [0.5, 0.6) is 0 Å². The van der Waals surface area contributed by atoms with Crippen molar-refractivity contribution in [2.75, 3.05) is 0 Å². The van der Waals surface area contributed by atoms with E-state index in [1.807, 2.05) is 0 Å². The lowest BCUT2D eigenvalue weighted by atomic mass is 10.0. The molecule has 0 nitrogen and oxygen atoms in total. The van der Waals surface area contributed by atoms with Crippen LogP contribution in [0.1, 0.15) is 68.2 Å². The number of rotatable bonds is 10. The van der Waals surface area contributed by atoms with Gasteiger partial charge in [0.1, 0.15) is 0 Å². The minimum absolute atomic E-state index is 1.12. The largest absolute Gasteiger partial charge is 0.0839 e. The molecule has 0 bridgehead atoms. The molecule has 0 unspecified atom stereocenters. The van der Waals surface area contributed by atoms with Gasteiger partial charge in [0.25, 0.3) is 0 Å². The van der Waals surface area contributed by atoms with Crippen molar-refractivity contribution in [1.29, 1.82) is 0 Å². The lowest BCUT2D eigenvalue weighted by Gasteiger charge is -2.05. The molecule has 0 aliphatic rings. The molecule has 0 atom stereocenters. The Labute approximate surface area is 148 Å². The molecule has 0 radical (unpaired) electrons. The molecule has 0 N–H and O–H groups in total. The first-order chi connectivity index (χ1) is 11.8. The first kappa shape index (κ1) is 18.5. The van der Waals surface area contributed by atoms with E-state index < -0.39 is 0 Å². The van der Waals surface area contributed by atoms with Gasteiger partial charge in [-0.1, -0.05) is 93.8 Å². The van der Waals surface area contributed by atoms with Gasteiger partial charge in [-0.15, -0.1) is 0 Å². The molecular weight excluding hydrogens is 288 g/mol. The van der Waals surface area contributed by atoms with E-state index >= 15 is 0 Å². The Balaban J connectivity index is 1.78. The maximum absolute atomic E-state index is 2.31. The van der Waals surface area contributed by atoms with Crippen LogP contribution in [0.3, 0.4) is 0 Å². The molecule has 24 heavy (non-hydrogen) atoms. The topological polar surface area (TPSA) is 0 Å². The van der Waals surface area contributed by atoms with Gasteiger partial charge in [-0.25, -0.2) is 0 Å². The number of unbranched alkanes of at least 4 members (excludes halogenated alkanes) is 3. The quantitative estimate of drug-likeness (QED) is 0.413. The van der Waals surface area contributed by atoms with Gasteiger partial charge in [0.2, 0.25) is 0 Å². The van der Waals surface area contributed by atoms with Gasteiger partial charge in [0.15, 0.2) is 0 Å². The van der Waals surface area contributed by atoms with E-state index in [9.17, 15) is 0 Å². The molecular formula is C24H32. The molecule has 0 spiro atoms. The third-order valence-electron chi connectivity index (χ3n) is 4.53. The number of hydrogen-bond acceptors (Lipinski definition) is 0. The van der Waals surface area contributed by atoms with Crippen molar-refractivity contribution >= 4 is 6.08 Å². The van der Waals surface area contributed by atoms with Gasteiger partial charge in [-0.2, -0.15) is 0 Å². The molecule has 2 aromatic carbocycles. The molecule has 0 heterocycles. The van der Waals surface area contributed by atoms with Gasteiger partial charge in [0.05, 0.1) is 0 Å². The number of allylic oxidation sites excluding steroid dienone is 1. The minimum atomic E-state index is 1.12. The standard InChI is InChI=1S/C24H32/c1-3-5-6-7-8-10-22-13-17-24(18-14-22)20-19-23-15-11-21(9-4-2)12-16-23/h8,10-18H,3-7,9,19-20H2,1-2H3. The summed E-state index contributed by atoms with van der Waals surface area (Å²) in [5.74, 6) is 0. The van der Waals surface area contributed by atoms with Gasteiger partial charge in [0, 0.05) is 0 Å². The Hall–Kier alpha value is -1.82. The van der Waals surface area contributed by atoms with Gasteiger partial charge >= 0.3 is 0 Å². The lowest BCUT2D eigenvalue weighted by Crippen LogP contribution is -1.92. The Kier molecular flexibility index (Phi) is 8.38. The zero-order valence-corrected chi connectivity index (χ0v) is 15.4. The summed E-state index contributed by atoms with van der Waals surface area (Å²) in [7, 11) is 0. The SMILES string of the molecule is CCCCCC=Cc1ccc(CCc2ccc(CCC)cc2)cc1. The Morgan fingerprint density at radius 3 is 1.71 bits per heavy atom. The predicted molar refractivity (Wildman–Crippen MR) is 107 cm³/mol. The highest BCUT2D eigenvalue weighted by atomic mass is 14.0. The summed E-state index contributed by atoms with van der Waals surface area (Å²) in [6.45, 7) is 4.49. The van der Waals surface area contributed by atoms with E-state index in [-0.39, 0.29) is 0 Å². The van der Waals surface area contributed by atoms with Crippen LogP contribution in [0.25, 0.3) is 6.08 Å². The first-order valence-corrected chi connectivity index (χ1v) is 9.65. The maximum Gasteiger partial charge on any atom is -0.0238 e. The summed E-state index contributed by atoms with van der Waals surface area (Å²) in [4.78, 5) is 0. The molecule has 0 aromatic heterocycles. The Bertz CT molecular complexity index is 587. The van der Waals surface area contributed by atoms with E-state index in [2.05, 4.69) is 74.5 Å². The second kappa shape index (κ2) is 10.9. The van der Waals surface area contributed by atoms with Gasteiger partial charge in [-0.05, 0) is 54.4 Å². The van der Waals surface area contributed by atoms with Crippen molar-refractivity contribution in [2.24, 2.45) is 0 Å². The summed E-state index contributed by atoms with van der Waals surface area (Å²) < 4.78 is 0. The molecule has 0 aliphatic carbocycles. The molecule has 2 rings (SSSR count). The smallest absolute Gasteiger partial charge is 0.0238 e. The highest BCUT2D eigenvalue weighted by Gasteiger charge is 1.97. The fraction of sp³-hybridized carbons (Fsp3) is 0.417. The van der Waals surface area contributed by atoms with Crippen LogP contribution in [0.4, 0.5) is 0 Å². The molecule has 0 saturated heterocycles. The average Bonchev–Trinajstić information content (AvgIpc) is 2.62. The van der Waals surface area contributed by atoms with Crippen LogP contribution in [-0.4, -0.2) is 0 Å². The van der Waals surface area contributed by atoms with Gasteiger partial charge < -0.3 is 0 Å². The van der Waals surface area contributed by atoms with E-state index in [0.29, 0.717) is 0 Å². The fourth-order valence-electron chi connectivity index (χ4n) is 2.98. The normalized spacial score (nSPS) is 11.2. The first-order valence-electron chi connectivity index (χ1n) is 9.65. The third-order valence-corrected chi connectivity index (χ3v) is 4.53. The number of benzene rings is 2. The zero-order chi connectivity index (χ0) is 17.0. The summed E-state index contributed by atoms with van der Waals surface area (Å²) in [5, 5.41) is 0. The van der Waals surface area contributed by atoms with Crippen LogP contribution in [-0.2, 0) is 19.3 Å². The van der Waals surface area contributed by atoms with E-state index in [4.69, 9.17) is 0 Å². The molecule has 128 valence electrons. The zero-order valence-electron chi connectivity index (χ0n) is 15.4. The predicted octanol–water partition coefficient (Wildman–Crippen LogP) is 7.02. The summed E-state index contributed by atoms with van der Waals surface area (Å²) in [5.41, 5.74) is 5.64. The van der Waals surface area contributed by atoms with Crippen LogP contribution in [0.2, 0.25) is 0 Å². The second-order valence-electron chi connectivity index (χ2n) is 6.71. The van der Waals surface area contributed by atoms with Crippen molar-refractivity contribution in [2.45, 2.75) is 65.2 Å². The van der Waals surface area contributed by atoms with Crippen LogP contribution >= 0.6 is 0 Å². The van der Waals surface area contributed by atoms with Crippen LogP contribution in [0, 0.1) is 0 Å². The highest BCUT2D eigenvalue weighted by molar-refractivity contribution is 5.49. The lowest BCUT2D eigenvalue weighted by molar-refractivity contribution is 0.730. The monoisotopic (exact) mass is 320 g/mol. The van der Waals surface area contributed by atoms with E-state index in [1.165, 1.54) is 60.8 Å². The molecule has 0 aliphatic heterocycles. The second-order valence-corrected chi connectivity index (χ2v) is 6.71. The Morgan fingerprint density at radius 2 is 1.17 bits per heavy atom. The highest BCUT2D eigenvalue weighted by Crippen LogP contribution is 2.12. The van der Waals surface area contributed by atoms with Crippen molar-refractivity contribution in [1.82, 2.24) is 0 Å². The summed E-state index contributed by atoms with van der Waals surface area (Å²) in [6, 6.07) is 18.2. The summed E-state index contributed by atoms with van der Waals surface area (Å²) in [6.07, 6.45) is 14.4. The van der Waals surface area contributed by atoms with Crippen molar-refractivity contribution in [3.05, 3.63) is 76.9 Å². The molecule has 0 heteroatoms. The third kappa shape index (κ3) is 6.74. The molecule has 0 amide bonds. The molecule has 0 fully saturated rings. The minimum Gasteiger partial charge on any atom is -0.0839 e. The molecule has 2 aromatic rings. The van der Waals surface area contributed by atoms with Crippen LogP contribution < -0.4 is 0 Å². The van der Waals surface area contributed by atoms with Crippen molar-refractivity contribution < 1.29 is 0 Å². The molecule has 0 saturated carbocycles. The van der Waals surface area contributed by atoms with E-state index in [0.717, 1.165) is 12.8 Å². The van der Waals surface area contributed by atoms with Crippen molar-refractivity contribution in [3.8, 4) is 0 Å². The van der Waals surface area contributed by atoms with E-state index in [1.54, 1.807) is 0 Å². The maximum atomic E-state index is 2.31. The number of aryl methyl sites for hydroxylation is 3. The van der Waals surface area contributed by atoms with Gasteiger partial charge in [-0.3, -0.25) is 0 Å². The fourth-order valence-corrected chi connectivity index (χ4v) is 2.98. The Morgan fingerprint density at radius 1 is 0.625 bits per heavy atom. The van der Waals surface area contributed by atoms with Crippen LogP contribution in [0.15, 0.2) is 54.6 Å².